The summed E-state index contributed by atoms with van der Waals surface area (Å²) in [4.78, 5) is 7.06. The lowest BCUT2D eigenvalue weighted by Gasteiger charge is -2.38. The molecule has 2 fully saturated rings. The quantitative estimate of drug-likeness (QED) is 0.866. The normalized spacial score (nSPS) is 29.8. The van der Waals surface area contributed by atoms with Gasteiger partial charge in [0, 0.05) is 24.8 Å². The Kier molecular flexibility index (Phi) is 3.71. The third-order valence-corrected chi connectivity index (χ3v) is 4.36. The summed E-state index contributed by atoms with van der Waals surface area (Å²) in [5.41, 5.74) is 1.23. The summed E-state index contributed by atoms with van der Waals surface area (Å²) in [6.07, 6.45) is 6.06. The summed E-state index contributed by atoms with van der Waals surface area (Å²) < 4.78 is 0. The van der Waals surface area contributed by atoms with Crippen molar-refractivity contribution in [3.63, 3.8) is 0 Å². The molecule has 0 amide bonds. The lowest BCUT2D eigenvalue weighted by Crippen LogP contribution is -2.45. The van der Waals surface area contributed by atoms with Crippen LogP contribution >= 0.6 is 0 Å². The first kappa shape index (κ1) is 12.9. The Morgan fingerprint density at radius 1 is 1.32 bits per heavy atom. The predicted molar refractivity (Wildman–Crippen MR) is 76.1 cm³/mol. The molecule has 19 heavy (non-hydrogen) atoms. The van der Waals surface area contributed by atoms with Gasteiger partial charge in [0.1, 0.15) is 5.82 Å². The number of aliphatic hydroxyl groups excluding tert-OH is 1. The number of pyridine rings is 1. The van der Waals surface area contributed by atoms with Gasteiger partial charge in [-0.25, -0.2) is 4.98 Å². The maximum absolute atomic E-state index is 9.84. The third-order valence-electron chi connectivity index (χ3n) is 4.36. The van der Waals surface area contributed by atoms with Crippen LogP contribution in [0.4, 0.5) is 5.82 Å². The Hall–Kier alpha value is -1.13. The molecule has 4 heteroatoms. The molecule has 3 rings (SSSR count). The fourth-order valence-electron chi connectivity index (χ4n) is 3.47. The van der Waals surface area contributed by atoms with Gasteiger partial charge in [-0.15, -0.1) is 0 Å². The van der Waals surface area contributed by atoms with Crippen LogP contribution in [0.25, 0.3) is 0 Å². The highest BCUT2D eigenvalue weighted by atomic mass is 16.3. The highest BCUT2D eigenvalue weighted by Crippen LogP contribution is 2.38. The molecular weight excluding hydrogens is 238 g/mol. The number of aromatic nitrogens is 1. The fraction of sp³-hybridized carbons (Fsp3) is 0.667. The van der Waals surface area contributed by atoms with Crippen molar-refractivity contribution < 1.29 is 5.11 Å². The van der Waals surface area contributed by atoms with Crippen LogP contribution in [-0.2, 0) is 6.54 Å². The van der Waals surface area contributed by atoms with Gasteiger partial charge in [-0.3, -0.25) is 0 Å². The van der Waals surface area contributed by atoms with Gasteiger partial charge in [-0.1, -0.05) is 13.0 Å². The molecule has 0 aromatic carbocycles. The second-order valence-electron chi connectivity index (χ2n) is 5.72. The van der Waals surface area contributed by atoms with Gasteiger partial charge in [-0.2, -0.15) is 0 Å². The molecule has 104 valence electrons. The van der Waals surface area contributed by atoms with E-state index in [4.69, 9.17) is 0 Å². The van der Waals surface area contributed by atoms with Crippen molar-refractivity contribution in [3.8, 4) is 0 Å². The summed E-state index contributed by atoms with van der Waals surface area (Å²) in [5.74, 6) is 1.08. The van der Waals surface area contributed by atoms with Gasteiger partial charge in [-0.05, 0) is 43.9 Å². The standard InChI is InChI=1S/C15H23N3O/c1-2-16-9-11-3-6-15(17-10-11)18-12-4-5-13(18)8-14(19)7-12/h3,6,10,12-14,16,19H,2,4-5,7-9H2,1H3. The average Bonchev–Trinajstić information content (AvgIpc) is 2.69. The zero-order chi connectivity index (χ0) is 13.2. The summed E-state index contributed by atoms with van der Waals surface area (Å²) >= 11 is 0. The first-order valence-electron chi connectivity index (χ1n) is 7.40. The van der Waals surface area contributed by atoms with E-state index >= 15 is 0 Å². The minimum Gasteiger partial charge on any atom is -0.393 e. The van der Waals surface area contributed by atoms with Crippen LogP contribution in [0, 0.1) is 0 Å². The molecule has 2 saturated heterocycles. The van der Waals surface area contributed by atoms with E-state index in [2.05, 4.69) is 34.3 Å². The van der Waals surface area contributed by atoms with Crippen LogP contribution in [-0.4, -0.2) is 34.8 Å². The van der Waals surface area contributed by atoms with Crippen LogP contribution in [0.5, 0.6) is 0 Å². The van der Waals surface area contributed by atoms with Crippen LogP contribution in [0.15, 0.2) is 18.3 Å². The number of nitrogens with one attached hydrogen (secondary N) is 1. The van der Waals surface area contributed by atoms with Crippen molar-refractivity contribution in [1.29, 1.82) is 0 Å². The largest absolute Gasteiger partial charge is 0.393 e. The van der Waals surface area contributed by atoms with Crippen LogP contribution in [0.3, 0.4) is 0 Å². The third kappa shape index (κ3) is 2.60. The molecular formula is C15H23N3O. The number of piperidine rings is 1. The monoisotopic (exact) mass is 261 g/mol. The van der Waals surface area contributed by atoms with E-state index in [1.165, 1.54) is 18.4 Å². The SMILES string of the molecule is CCNCc1ccc(N2C3CCC2CC(O)C3)nc1. The molecule has 0 spiro atoms. The molecule has 2 unspecified atom stereocenters. The topological polar surface area (TPSA) is 48.4 Å². The van der Waals surface area contributed by atoms with Crippen molar-refractivity contribution in [2.75, 3.05) is 11.4 Å². The van der Waals surface area contributed by atoms with Gasteiger partial charge < -0.3 is 15.3 Å². The molecule has 1 aromatic rings. The summed E-state index contributed by atoms with van der Waals surface area (Å²) in [6.45, 7) is 3.98. The van der Waals surface area contributed by atoms with Gasteiger partial charge >= 0.3 is 0 Å². The molecule has 2 aliphatic rings. The molecule has 2 bridgehead atoms. The molecule has 1 aromatic heterocycles. The highest BCUT2D eigenvalue weighted by molar-refractivity contribution is 5.44. The first-order valence-corrected chi connectivity index (χ1v) is 7.40. The molecule has 0 radical (unpaired) electrons. The maximum Gasteiger partial charge on any atom is 0.128 e. The summed E-state index contributed by atoms with van der Waals surface area (Å²) in [5, 5.41) is 13.2. The molecule has 0 aliphatic carbocycles. The van der Waals surface area contributed by atoms with Gasteiger partial charge in [0.15, 0.2) is 0 Å². The number of hydrogen-bond donors (Lipinski definition) is 2. The number of anilines is 1. The van der Waals surface area contributed by atoms with Crippen LogP contribution < -0.4 is 10.2 Å². The van der Waals surface area contributed by atoms with E-state index in [-0.39, 0.29) is 6.10 Å². The Bertz CT molecular complexity index is 406. The Morgan fingerprint density at radius 3 is 2.63 bits per heavy atom. The van der Waals surface area contributed by atoms with Crippen molar-refractivity contribution in [2.24, 2.45) is 0 Å². The minimum absolute atomic E-state index is 0.109. The second-order valence-corrected chi connectivity index (χ2v) is 5.72. The zero-order valence-corrected chi connectivity index (χ0v) is 11.5. The molecule has 4 nitrogen and oxygen atoms in total. The Labute approximate surface area is 114 Å². The van der Waals surface area contributed by atoms with E-state index in [9.17, 15) is 5.11 Å². The predicted octanol–water partition coefficient (Wildman–Crippen LogP) is 1.68. The molecule has 2 N–H and O–H groups in total. The molecule has 0 saturated carbocycles. The zero-order valence-electron chi connectivity index (χ0n) is 11.5. The average molecular weight is 261 g/mol. The van der Waals surface area contributed by atoms with Crippen molar-refractivity contribution in [3.05, 3.63) is 23.9 Å². The molecule has 2 atom stereocenters. The number of rotatable bonds is 4. The minimum atomic E-state index is -0.109. The van der Waals surface area contributed by atoms with Crippen LogP contribution in [0.2, 0.25) is 0 Å². The lowest BCUT2D eigenvalue weighted by atomic mass is 10.00. The van der Waals surface area contributed by atoms with E-state index in [0.717, 1.165) is 31.7 Å². The molecule has 2 aliphatic heterocycles. The maximum atomic E-state index is 9.84. The second kappa shape index (κ2) is 5.47. The summed E-state index contributed by atoms with van der Waals surface area (Å²) in [6, 6.07) is 5.27. The van der Waals surface area contributed by atoms with Crippen molar-refractivity contribution in [1.82, 2.24) is 10.3 Å². The van der Waals surface area contributed by atoms with Crippen molar-refractivity contribution in [2.45, 2.75) is 57.3 Å². The van der Waals surface area contributed by atoms with E-state index in [1.54, 1.807) is 0 Å². The lowest BCUT2D eigenvalue weighted by molar-refractivity contribution is 0.126. The van der Waals surface area contributed by atoms with Gasteiger partial charge in [0.2, 0.25) is 0 Å². The van der Waals surface area contributed by atoms with E-state index < -0.39 is 0 Å². The number of nitrogens with zero attached hydrogens (tertiary/aromatic N) is 2. The smallest absolute Gasteiger partial charge is 0.128 e. The Morgan fingerprint density at radius 2 is 2.05 bits per heavy atom. The Balaban J connectivity index is 1.72. The van der Waals surface area contributed by atoms with Crippen molar-refractivity contribution >= 4 is 5.82 Å². The number of hydrogen-bond acceptors (Lipinski definition) is 4. The van der Waals surface area contributed by atoms with E-state index in [1.807, 2.05) is 6.20 Å². The van der Waals surface area contributed by atoms with Crippen LogP contribution in [0.1, 0.15) is 38.2 Å². The molecule has 3 heterocycles. The highest BCUT2D eigenvalue weighted by Gasteiger charge is 2.40. The first-order chi connectivity index (χ1) is 9.28. The number of aliphatic hydroxyl groups is 1. The number of fused-ring (bicyclic) bond motifs is 2. The summed E-state index contributed by atoms with van der Waals surface area (Å²) in [7, 11) is 0. The van der Waals surface area contributed by atoms with Gasteiger partial charge in [0.25, 0.3) is 0 Å². The fourth-order valence-corrected chi connectivity index (χ4v) is 3.47. The van der Waals surface area contributed by atoms with E-state index in [0.29, 0.717) is 12.1 Å². The van der Waals surface area contributed by atoms with Gasteiger partial charge in [0.05, 0.1) is 6.10 Å².